The van der Waals surface area contributed by atoms with Crippen LogP contribution in [0, 0.1) is 5.92 Å². The lowest BCUT2D eigenvalue weighted by atomic mass is 10.1. The number of carbonyl (C=O) groups excluding carboxylic acids is 3. The molecular formula is C21H33N3O4S. The molecule has 1 unspecified atom stereocenters. The minimum absolute atomic E-state index is 0.0455. The molecule has 1 rings (SSSR count). The van der Waals surface area contributed by atoms with Gasteiger partial charge in [-0.05, 0) is 56.9 Å². The molecule has 0 bridgehead atoms. The Labute approximate surface area is 177 Å². The van der Waals surface area contributed by atoms with E-state index in [0.29, 0.717) is 18.7 Å². The number of alkyl carbamates (subject to hydrolysis) is 1. The molecule has 0 saturated carbocycles. The SMILES string of the molecule is CSCCC(NC(=O)OC(C)(C)C)C(=O)NCc1ccc(NC(=O)C(C)C)cc1. The average Bonchev–Trinajstić information content (AvgIpc) is 2.62. The Balaban J connectivity index is 2.63. The van der Waals surface area contributed by atoms with Crippen LogP contribution in [0.2, 0.25) is 0 Å². The molecule has 1 atom stereocenters. The third-order valence-corrected chi connectivity index (χ3v) is 4.47. The first-order valence-electron chi connectivity index (χ1n) is 9.67. The van der Waals surface area contributed by atoms with Gasteiger partial charge < -0.3 is 20.7 Å². The molecule has 1 aromatic carbocycles. The molecule has 29 heavy (non-hydrogen) atoms. The van der Waals surface area contributed by atoms with Crippen molar-refractivity contribution in [2.45, 2.75) is 59.2 Å². The van der Waals surface area contributed by atoms with Crippen molar-refractivity contribution in [3.8, 4) is 0 Å². The van der Waals surface area contributed by atoms with Crippen LogP contribution in [0.3, 0.4) is 0 Å². The van der Waals surface area contributed by atoms with Crippen LogP contribution in [-0.4, -0.2) is 41.6 Å². The van der Waals surface area contributed by atoms with E-state index in [4.69, 9.17) is 4.74 Å². The Morgan fingerprint density at radius 1 is 1.07 bits per heavy atom. The number of carbonyl (C=O) groups is 3. The molecule has 0 spiro atoms. The highest BCUT2D eigenvalue weighted by atomic mass is 32.2. The molecule has 1 aromatic rings. The van der Waals surface area contributed by atoms with Crippen molar-refractivity contribution < 1.29 is 19.1 Å². The summed E-state index contributed by atoms with van der Waals surface area (Å²) in [5.41, 5.74) is 0.974. The van der Waals surface area contributed by atoms with Crippen LogP contribution < -0.4 is 16.0 Å². The molecule has 0 radical (unpaired) electrons. The molecule has 3 N–H and O–H groups in total. The number of rotatable bonds is 9. The first kappa shape index (κ1) is 24.8. The highest BCUT2D eigenvalue weighted by Gasteiger charge is 2.23. The summed E-state index contributed by atoms with van der Waals surface area (Å²) in [6.45, 7) is 9.31. The van der Waals surface area contributed by atoms with E-state index in [-0.39, 0.29) is 17.7 Å². The number of thioether (sulfide) groups is 1. The van der Waals surface area contributed by atoms with Gasteiger partial charge in [0.2, 0.25) is 11.8 Å². The molecule has 8 heteroatoms. The van der Waals surface area contributed by atoms with Crippen molar-refractivity contribution in [3.05, 3.63) is 29.8 Å². The fraction of sp³-hybridized carbons (Fsp3) is 0.571. The van der Waals surface area contributed by atoms with Gasteiger partial charge in [-0.1, -0.05) is 26.0 Å². The van der Waals surface area contributed by atoms with Crippen molar-refractivity contribution >= 4 is 35.4 Å². The number of benzene rings is 1. The van der Waals surface area contributed by atoms with Crippen LogP contribution in [0.5, 0.6) is 0 Å². The Bertz CT molecular complexity index is 684. The normalized spacial score (nSPS) is 12.2. The average molecular weight is 424 g/mol. The number of nitrogens with one attached hydrogen (secondary N) is 3. The Morgan fingerprint density at radius 3 is 2.21 bits per heavy atom. The van der Waals surface area contributed by atoms with Crippen molar-refractivity contribution in [3.63, 3.8) is 0 Å². The van der Waals surface area contributed by atoms with Crippen molar-refractivity contribution in [1.82, 2.24) is 10.6 Å². The minimum Gasteiger partial charge on any atom is -0.444 e. The maximum Gasteiger partial charge on any atom is 0.408 e. The van der Waals surface area contributed by atoms with Crippen molar-refractivity contribution in [2.75, 3.05) is 17.3 Å². The topological polar surface area (TPSA) is 96.5 Å². The number of anilines is 1. The molecule has 7 nitrogen and oxygen atoms in total. The molecule has 0 aromatic heterocycles. The van der Waals surface area contributed by atoms with E-state index in [2.05, 4.69) is 16.0 Å². The van der Waals surface area contributed by atoms with E-state index in [1.165, 1.54) is 0 Å². The number of amides is 3. The van der Waals surface area contributed by atoms with Gasteiger partial charge >= 0.3 is 6.09 Å². The van der Waals surface area contributed by atoms with Crippen LogP contribution in [0.1, 0.15) is 46.6 Å². The number of hydrogen-bond donors (Lipinski definition) is 3. The molecule has 0 aliphatic rings. The highest BCUT2D eigenvalue weighted by Crippen LogP contribution is 2.12. The van der Waals surface area contributed by atoms with E-state index < -0.39 is 17.7 Å². The van der Waals surface area contributed by atoms with Crippen LogP contribution in [0.25, 0.3) is 0 Å². The zero-order chi connectivity index (χ0) is 22.0. The van der Waals surface area contributed by atoms with E-state index >= 15 is 0 Å². The Kier molecular flexibility index (Phi) is 10.0. The van der Waals surface area contributed by atoms with Gasteiger partial charge in [0.1, 0.15) is 11.6 Å². The number of hydrogen-bond acceptors (Lipinski definition) is 5. The van der Waals surface area contributed by atoms with Gasteiger partial charge in [-0.15, -0.1) is 0 Å². The molecular weight excluding hydrogens is 390 g/mol. The smallest absolute Gasteiger partial charge is 0.408 e. The summed E-state index contributed by atoms with van der Waals surface area (Å²) in [7, 11) is 0. The quantitative estimate of drug-likeness (QED) is 0.564. The maximum atomic E-state index is 12.6. The van der Waals surface area contributed by atoms with E-state index in [1.54, 1.807) is 44.7 Å². The first-order chi connectivity index (χ1) is 13.5. The summed E-state index contributed by atoms with van der Waals surface area (Å²) in [4.78, 5) is 36.3. The summed E-state index contributed by atoms with van der Waals surface area (Å²) >= 11 is 1.60. The first-order valence-corrected chi connectivity index (χ1v) is 11.1. The van der Waals surface area contributed by atoms with Crippen LogP contribution in [-0.2, 0) is 20.9 Å². The molecule has 0 fully saturated rings. The second-order valence-electron chi connectivity index (χ2n) is 8.04. The lowest BCUT2D eigenvalue weighted by Crippen LogP contribution is -2.48. The summed E-state index contributed by atoms with van der Waals surface area (Å²) in [6.07, 6.45) is 1.85. The molecule has 0 heterocycles. The predicted octanol–water partition coefficient (Wildman–Crippen LogP) is 3.54. The van der Waals surface area contributed by atoms with Crippen LogP contribution in [0.15, 0.2) is 24.3 Å². The predicted molar refractivity (Wildman–Crippen MR) is 118 cm³/mol. The van der Waals surface area contributed by atoms with E-state index in [9.17, 15) is 14.4 Å². The highest BCUT2D eigenvalue weighted by molar-refractivity contribution is 7.98. The third-order valence-electron chi connectivity index (χ3n) is 3.83. The molecule has 0 aliphatic heterocycles. The Hall–Kier alpha value is -2.22. The summed E-state index contributed by atoms with van der Waals surface area (Å²) < 4.78 is 5.25. The minimum atomic E-state index is -0.665. The van der Waals surface area contributed by atoms with Gasteiger partial charge in [-0.3, -0.25) is 9.59 Å². The maximum absolute atomic E-state index is 12.6. The second-order valence-corrected chi connectivity index (χ2v) is 9.02. The van der Waals surface area contributed by atoms with Gasteiger partial charge in [0.15, 0.2) is 0 Å². The summed E-state index contributed by atoms with van der Waals surface area (Å²) in [6, 6.07) is 6.61. The van der Waals surface area contributed by atoms with Gasteiger partial charge in [-0.2, -0.15) is 11.8 Å². The zero-order valence-corrected chi connectivity index (χ0v) is 18.9. The molecule has 162 valence electrons. The fourth-order valence-corrected chi connectivity index (χ4v) is 2.73. The molecule has 3 amide bonds. The van der Waals surface area contributed by atoms with Gasteiger partial charge in [0.05, 0.1) is 0 Å². The van der Waals surface area contributed by atoms with E-state index in [1.807, 2.05) is 32.2 Å². The summed E-state index contributed by atoms with van der Waals surface area (Å²) in [5, 5.41) is 8.33. The molecule has 0 aliphatic carbocycles. The van der Waals surface area contributed by atoms with E-state index in [0.717, 1.165) is 11.3 Å². The van der Waals surface area contributed by atoms with Gasteiger partial charge in [-0.25, -0.2) is 4.79 Å². The zero-order valence-electron chi connectivity index (χ0n) is 18.1. The van der Waals surface area contributed by atoms with Crippen molar-refractivity contribution in [1.29, 1.82) is 0 Å². The van der Waals surface area contributed by atoms with Crippen molar-refractivity contribution in [2.24, 2.45) is 5.92 Å². The van der Waals surface area contributed by atoms with Crippen LogP contribution >= 0.6 is 11.8 Å². The standard InChI is InChI=1S/C21H33N3O4S/c1-14(2)18(25)23-16-9-7-15(8-10-16)13-22-19(26)17(11-12-29-6)24-20(27)28-21(3,4)5/h7-10,14,17H,11-13H2,1-6H3,(H,22,26)(H,23,25)(H,24,27). The third kappa shape index (κ3) is 10.2. The van der Waals surface area contributed by atoms with Gasteiger partial charge in [0.25, 0.3) is 0 Å². The van der Waals surface area contributed by atoms with Crippen LogP contribution in [0.4, 0.5) is 10.5 Å². The number of ether oxygens (including phenoxy) is 1. The fourth-order valence-electron chi connectivity index (χ4n) is 2.26. The largest absolute Gasteiger partial charge is 0.444 e. The van der Waals surface area contributed by atoms with Gasteiger partial charge in [0, 0.05) is 18.2 Å². The second kappa shape index (κ2) is 11.7. The summed E-state index contributed by atoms with van der Waals surface area (Å²) in [5.74, 6) is 0.334. The molecule has 0 saturated heterocycles. The Morgan fingerprint density at radius 2 is 1.69 bits per heavy atom. The lowest BCUT2D eigenvalue weighted by Gasteiger charge is -2.23. The monoisotopic (exact) mass is 423 g/mol. The lowest BCUT2D eigenvalue weighted by molar-refractivity contribution is -0.123.